The Labute approximate surface area is 125 Å². The van der Waals surface area contributed by atoms with Crippen molar-refractivity contribution in [3.63, 3.8) is 0 Å². The molecule has 1 fully saturated rings. The monoisotopic (exact) mass is 289 g/mol. The molecule has 2 amide bonds. The number of carbonyl (C=O) groups is 2. The molecule has 0 aliphatic carbocycles. The fourth-order valence-electron chi connectivity index (χ4n) is 2.49. The van der Waals surface area contributed by atoms with Gasteiger partial charge in [0.2, 0.25) is 11.8 Å². The first-order valence-corrected chi connectivity index (χ1v) is 7.44. The van der Waals surface area contributed by atoms with E-state index in [1.54, 1.807) is 6.92 Å². The predicted molar refractivity (Wildman–Crippen MR) is 81.5 cm³/mol. The van der Waals surface area contributed by atoms with Crippen molar-refractivity contribution in [2.24, 2.45) is 5.73 Å². The fraction of sp³-hybridized carbons (Fsp3) is 0.500. The van der Waals surface area contributed by atoms with Crippen LogP contribution >= 0.6 is 0 Å². The third kappa shape index (κ3) is 4.56. The predicted octanol–water partition coefficient (Wildman–Crippen LogP) is 0.684. The maximum atomic E-state index is 12.2. The quantitative estimate of drug-likeness (QED) is 0.837. The Kier molecular flexibility index (Phi) is 5.33. The molecule has 1 saturated heterocycles. The number of hydrogen-bond acceptors (Lipinski definition) is 3. The maximum absolute atomic E-state index is 12.2. The molecule has 21 heavy (non-hydrogen) atoms. The molecule has 0 spiro atoms. The second-order valence-corrected chi connectivity index (χ2v) is 5.61. The van der Waals surface area contributed by atoms with E-state index in [0.29, 0.717) is 19.5 Å². The molecule has 1 aliphatic rings. The van der Waals surface area contributed by atoms with Crippen molar-refractivity contribution in [2.45, 2.75) is 38.3 Å². The minimum atomic E-state index is -0.507. The SMILES string of the molecule is C[C@H](N)C(=O)NC1CCN(C(=O)CCc2ccccc2)C1. The van der Waals surface area contributed by atoms with E-state index in [2.05, 4.69) is 5.32 Å². The van der Waals surface area contributed by atoms with E-state index in [0.717, 1.165) is 12.8 Å². The average Bonchev–Trinajstić information content (AvgIpc) is 2.94. The van der Waals surface area contributed by atoms with Crippen LogP contribution in [0.15, 0.2) is 30.3 Å². The molecule has 1 unspecified atom stereocenters. The van der Waals surface area contributed by atoms with Crippen LogP contribution in [0.5, 0.6) is 0 Å². The summed E-state index contributed by atoms with van der Waals surface area (Å²) in [5.74, 6) is -0.00464. The summed E-state index contributed by atoms with van der Waals surface area (Å²) in [6, 6.07) is 9.52. The van der Waals surface area contributed by atoms with Gasteiger partial charge < -0.3 is 16.0 Å². The summed E-state index contributed by atoms with van der Waals surface area (Å²) >= 11 is 0. The summed E-state index contributed by atoms with van der Waals surface area (Å²) in [5.41, 5.74) is 6.70. The molecule has 1 heterocycles. The van der Waals surface area contributed by atoms with Crippen LogP contribution in [-0.2, 0) is 16.0 Å². The van der Waals surface area contributed by atoms with E-state index in [-0.39, 0.29) is 17.9 Å². The Morgan fingerprint density at radius 3 is 2.76 bits per heavy atom. The zero-order valence-corrected chi connectivity index (χ0v) is 12.4. The van der Waals surface area contributed by atoms with Gasteiger partial charge in [-0.05, 0) is 25.3 Å². The van der Waals surface area contributed by atoms with Crippen molar-refractivity contribution >= 4 is 11.8 Å². The maximum Gasteiger partial charge on any atom is 0.236 e. The van der Waals surface area contributed by atoms with Crippen molar-refractivity contribution in [3.05, 3.63) is 35.9 Å². The molecular formula is C16H23N3O2. The molecule has 5 nitrogen and oxygen atoms in total. The number of likely N-dealkylation sites (tertiary alicyclic amines) is 1. The number of benzene rings is 1. The summed E-state index contributed by atoms with van der Waals surface area (Å²) in [6.07, 6.45) is 2.07. The second-order valence-electron chi connectivity index (χ2n) is 5.61. The molecule has 0 aromatic heterocycles. The van der Waals surface area contributed by atoms with Crippen LogP contribution in [-0.4, -0.2) is 41.9 Å². The molecule has 3 N–H and O–H groups in total. The van der Waals surface area contributed by atoms with Gasteiger partial charge in [-0.2, -0.15) is 0 Å². The zero-order valence-electron chi connectivity index (χ0n) is 12.4. The van der Waals surface area contributed by atoms with E-state index in [4.69, 9.17) is 5.73 Å². The number of nitrogens with one attached hydrogen (secondary N) is 1. The zero-order chi connectivity index (χ0) is 15.2. The van der Waals surface area contributed by atoms with Crippen molar-refractivity contribution in [2.75, 3.05) is 13.1 Å². The molecule has 5 heteroatoms. The molecule has 1 aromatic carbocycles. The lowest BCUT2D eigenvalue weighted by Gasteiger charge is -2.18. The van der Waals surface area contributed by atoms with Gasteiger partial charge in [-0.25, -0.2) is 0 Å². The molecule has 114 valence electrons. The van der Waals surface area contributed by atoms with E-state index >= 15 is 0 Å². The number of nitrogens with zero attached hydrogens (tertiary/aromatic N) is 1. The van der Waals surface area contributed by atoms with Gasteiger partial charge in [-0.15, -0.1) is 0 Å². The number of hydrogen-bond donors (Lipinski definition) is 2. The van der Waals surface area contributed by atoms with Crippen LogP contribution in [0.25, 0.3) is 0 Å². The molecular weight excluding hydrogens is 266 g/mol. The largest absolute Gasteiger partial charge is 0.350 e. The summed E-state index contributed by atoms with van der Waals surface area (Å²) in [6.45, 7) is 2.96. The van der Waals surface area contributed by atoms with E-state index < -0.39 is 6.04 Å². The highest BCUT2D eigenvalue weighted by atomic mass is 16.2. The molecule has 0 saturated carbocycles. The van der Waals surface area contributed by atoms with Crippen molar-refractivity contribution < 1.29 is 9.59 Å². The number of aryl methyl sites for hydroxylation is 1. The normalized spacial score (nSPS) is 19.3. The van der Waals surface area contributed by atoms with E-state index in [1.165, 1.54) is 5.56 Å². The molecule has 1 aromatic rings. The van der Waals surface area contributed by atoms with E-state index in [1.807, 2.05) is 35.2 Å². The minimum absolute atomic E-state index is 0.0316. The number of carbonyl (C=O) groups excluding carboxylic acids is 2. The molecule has 2 atom stereocenters. The smallest absolute Gasteiger partial charge is 0.236 e. The Morgan fingerprint density at radius 2 is 2.10 bits per heavy atom. The standard InChI is InChI=1S/C16H23N3O2/c1-12(17)16(21)18-14-9-10-19(11-14)15(20)8-7-13-5-3-2-4-6-13/h2-6,12,14H,7-11,17H2,1H3,(H,18,21)/t12-,14?/m0/s1. The lowest BCUT2D eigenvalue weighted by Crippen LogP contribution is -2.45. The first-order valence-electron chi connectivity index (χ1n) is 7.44. The topological polar surface area (TPSA) is 75.4 Å². The molecule has 2 rings (SSSR count). The Hall–Kier alpha value is -1.88. The summed E-state index contributed by atoms with van der Waals surface area (Å²) < 4.78 is 0. The van der Waals surface area contributed by atoms with E-state index in [9.17, 15) is 9.59 Å². The van der Waals surface area contributed by atoms with Gasteiger partial charge in [0.15, 0.2) is 0 Å². The van der Waals surface area contributed by atoms with Crippen LogP contribution in [0.3, 0.4) is 0 Å². The van der Waals surface area contributed by atoms with Crippen molar-refractivity contribution in [1.29, 1.82) is 0 Å². The summed E-state index contributed by atoms with van der Waals surface area (Å²) in [5, 5.41) is 2.88. The Morgan fingerprint density at radius 1 is 1.38 bits per heavy atom. The molecule has 1 aliphatic heterocycles. The van der Waals surface area contributed by atoms with Crippen LogP contribution in [0.1, 0.15) is 25.3 Å². The fourth-order valence-corrected chi connectivity index (χ4v) is 2.49. The third-order valence-corrected chi connectivity index (χ3v) is 3.77. The van der Waals surface area contributed by atoms with Crippen molar-refractivity contribution in [3.8, 4) is 0 Å². The van der Waals surface area contributed by atoms with Gasteiger partial charge >= 0.3 is 0 Å². The molecule has 0 radical (unpaired) electrons. The highest BCUT2D eigenvalue weighted by molar-refractivity contribution is 5.81. The minimum Gasteiger partial charge on any atom is -0.350 e. The number of rotatable bonds is 5. The van der Waals surface area contributed by atoms with Crippen LogP contribution in [0, 0.1) is 0 Å². The number of nitrogens with two attached hydrogens (primary N) is 1. The lowest BCUT2D eigenvalue weighted by molar-refractivity contribution is -0.130. The van der Waals surface area contributed by atoms with Crippen LogP contribution < -0.4 is 11.1 Å². The summed E-state index contributed by atoms with van der Waals surface area (Å²) in [4.78, 5) is 25.5. The van der Waals surface area contributed by atoms with Gasteiger partial charge in [0, 0.05) is 25.6 Å². The van der Waals surface area contributed by atoms with Gasteiger partial charge in [-0.3, -0.25) is 9.59 Å². The summed E-state index contributed by atoms with van der Waals surface area (Å²) in [7, 11) is 0. The van der Waals surface area contributed by atoms with Crippen molar-refractivity contribution in [1.82, 2.24) is 10.2 Å². The van der Waals surface area contributed by atoms with Gasteiger partial charge in [0.05, 0.1) is 6.04 Å². The number of amides is 2. The van der Waals surface area contributed by atoms with Crippen LogP contribution in [0.2, 0.25) is 0 Å². The molecule has 0 bridgehead atoms. The second kappa shape index (κ2) is 7.22. The highest BCUT2D eigenvalue weighted by Gasteiger charge is 2.27. The lowest BCUT2D eigenvalue weighted by atomic mass is 10.1. The third-order valence-electron chi connectivity index (χ3n) is 3.77. The van der Waals surface area contributed by atoms with Gasteiger partial charge in [-0.1, -0.05) is 30.3 Å². The van der Waals surface area contributed by atoms with Gasteiger partial charge in [0.1, 0.15) is 0 Å². The van der Waals surface area contributed by atoms with Crippen LogP contribution in [0.4, 0.5) is 0 Å². The Balaban J connectivity index is 1.76. The Bertz CT molecular complexity index is 488. The highest BCUT2D eigenvalue weighted by Crippen LogP contribution is 2.12. The van der Waals surface area contributed by atoms with Gasteiger partial charge in [0.25, 0.3) is 0 Å². The average molecular weight is 289 g/mol. The first kappa shape index (κ1) is 15.5. The first-order chi connectivity index (χ1) is 10.1.